The minimum atomic E-state index is -0.391. The minimum absolute atomic E-state index is 0.00763. The van der Waals surface area contributed by atoms with Crippen molar-refractivity contribution in [1.29, 1.82) is 0 Å². The van der Waals surface area contributed by atoms with Crippen molar-refractivity contribution >= 4 is 28.6 Å². The number of aromatic hydroxyl groups is 1. The molecule has 0 atom stereocenters. The number of hydrogen-bond acceptors (Lipinski definition) is 6. The van der Waals surface area contributed by atoms with E-state index in [9.17, 15) is 9.90 Å². The Balaban J connectivity index is 2.46. The summed E-state index contributed by atoms with van der Waals surface area (Å²) in [6.45, 7) is 2.50. The summed E-state index contributed by atoms with van der Waals surface area (Å²) in [6.07, 6.45) is 0.828. The summed E-state index contributed by atoms with van der Waals surface area (Å²) in [4.78, 5) is 11.8. The summed E-state index contributed by atoms with van der Waals surface area (Å²) in [5, 5.41) is 9.90. The van der Waals surface area contributed by atoms with Gasteiger partial charge in [0.1, 0.15) is 5.75 Å². The third kappa shape index (κ3) is 5.70. The first-order chi connectivity index (χ1) is 13.5. The molecule has 148 valence electrons. The van der Waals surface area contributed by atoms with E-state index in [-0.39, 0.29) is 10.2 Å². The molecule has 0 radical (unpaired) electrons. The number of phenolic OH excluding ortho intramolecular Hbond substituents is 1. The normalized spacial score (nSPS) is 9.86. The molecule has 0 spiro atoms. The van der Waals surface area contributed by atoms with Crippen LogP contribution in [0.3, 0.4) is 0 Å². The molecule has 2 rings (SSSR count). The first kappa shape index (κ1) is 21.7. The zero-order chi connectivity index (χ0) is 20.5. The van der Waals surface area contributed by atoms with Crippen LogP contribution in [0.4, 0.5) is 0 Å². The van der Waals surface area contributed by atoms with E-state index in [1.54, 1.807) is 24.3 Å². The Hall–Kier alpha value is -2.60. The molecule has 0 fully saturated rings. The lowest BCUT2D eigenvalue weighted by Gasteiger charge is -2.13. The SMILES string of the molecule is CCCOc1cc(OC(=O)CI)c(C#Cc2ccc(OC)c(O)c2)cc1OC. The maximum atomic E-state index is 11.8. The van der Waals surface area contributed by atoms with Gasteiger partial charge in [0, 0.05) is 17.7 Å². The molecule has 2 aromatic carbocycles. The molecule has 0 aromatic heterocycles. The van der Waals surface area contributed by atoms with Gasteiger partial charge in [0.2, 0.25) is 0 Å². The predicted molar refractivity (Wildman–Crippen MR) is 114 cm³/mol. The largest absolute Gasteiger partial charge is 0.504 e. The van der Waals surface area contributed by atoms with Crippen LogP contribution in [-0.4, -0.2) is 36.3 Å². The van der Waals surface area contributed by atoms with E-state index >= 15 is 0 Å². The molecule has 1 N–H and O–H groups in total. The molecule has 0 amide bonds. The van der Waals surface area contributed by atoms with Gasteiger partial charge < -0.3 is 24.1 Å². The van der Waals surface area contributed by atoms with E-state index in [4.69, 9.17) is 18.9 Å². The number of rotatable bonds is 7. The quantitative estimate of drug-likeness (QED) is 0.206. The van der Waals surface area contributed by atoms with Crippen molar-refractivity contribution in [1.82, 2.24) is 0 Å². The lowest BCUT2D eigenvalue weighted by atomic mass is 10.1. The number of alkyl halides is 1. The van der Waals surface area contributed by atoms with Crippen molar-refractivity contribution in [2.24, 2.45) is 0 Å². The first-order valence-corrected chi connectivity index (χ1v) is 10.0. The van der Waals surface area contributed by atoms with Crippen molar-refractivity contribution in [3.8, 4) is 40.6 Å². The number of ether oxygens (including phenoxy) is 4. The van der Waals surface area contributed by atoms with Gasteiger partial charge in [-0.25, -0.2) is 0 Å². The number of benzene rings is 2. The third-order valence-corrected chi connectivity index (χ3v) is 4.20. The second-order valence-corrected chi connectivity index (χ2v) is 6.35. The van der Waals surface area contributed by atoms with E-state index in [0.717, 1.165) is 6.42 Å². The van der Waals surface area contributed by atoms with Crippen LogP contribution in [0.25, 0.3) is 0 Å². The van der Waals surface area contributed by atoms with Gasteiger partial charge in [-0.05, 0) is 24.6 Å². The van der Waals surface area contributed by atoms with Gasteiger partial charge in [-0.3, -0.25) is 4.79 Å². The monoisotopic (exact) mass is 496 g/mol. The van der Waals surface area contributed by atoms with E-state index in [1.165, 1.54) is 20.3 Å². The van der Waals surface area contributed by atoms with Gasteiger partial charge in [-0.15, -0.1) is 0 Å². The van der Waals surface area contributed by atoms with Gasteiger partial charge in [0.25, 0.3) is 0 Å². The Morgan fingerprint density at radius 1 is 1.04 bits per heavy atom. The number of methoxy groups -OCH3 is 2. The van der Waals surface area contributed by atoms with Crippen LogP contribution in [-0.2, 0) is 4.79 Å². The Kier molecular flexibility index (Phi) is 8.26. The Bertz CT molecular complexity index is 898. The van der Waals surface area contributed by atoms with Crippen LogP contribution in [0, 0.1) is 11.8 Å². The Morgan fingerprint density at radius 3 is 2.39 bits per heavy atom. The van der Waals surface area contributed by atoms with Crippen molar-refractivity contribution in [3.63, 3.8) is 0 Å². The summed E-state index contributed by atoms with van der Waals surface area (Å²) < 4.78 is 21.7. The maximum absolute atomic E-state index is 11.8. The topological polar surface area (TPSA) is 74.2 Å². The van der Waals surface area contributed by atoms with Gasteiger partial charge in [0.15, 0.2) is 23.0 Å². The van der Waals surface area contributed by atoms with Crippen LogP contribution in [0.2, 0.25) is 0 Å². The van der Waals surface area contributed by atoms with Gasteiger partial charge in [-0.2, -0.15) is 0 Å². The molecular formula is C21H21IO6. The first-order valence-electron chi connectivity index (χ1n) is 8.52. The lowest BCUT2D eigenvalue weighted by molar-refractivity contribution is -0.131. The smallest absolute Gasteiger partial charge is 0.321 e. The van der Waals surface area contributed by atoms with Crippen molar-refractivity contribution in [2.45, 2.75) is 13.3 Å². The van der Waals surface area contributed by atoms with Crippen LogP contribution < -0.4 is 18.9 Å². The number of hydrogen-bond donors (Lipinski definition) is 1. The van der Waals surface area contributed by atoms with E-state index in [0.29, 0.717) is 40.7 Å². The summed E-state index contributed by atoms with van der Waals surface area (Å²) >= 11 is 1.93. The number of phenols is 1. The Morgan fingerprint density at radius 2 is 1.79 bits per heavy atom. The highest BCUT2D eigenvalue weighted by atomic mass is 127. The van der Waals surface area contributed by atoms with Crippen LogP contribution in [0.15, 0.2) is 30.3 Å². The minimum Gasteiger partial charge on any atom is -0.504 e. The lowest BCUT2D eigenvalue weighted by Crippen LogP contribution is -2.10. The molecule has 0 aliphatic rings. The van der Waals surface area contributed by atoms with Crippen molar-refractivity contribution in [3.05, 3.63) is 41.5 Å². The Labute approximate surface area is 177 Å². The predicted octanol–water partition coefficient (Wildman–Crippen LogP) is 3.94. The van der Waals surface area contributed by atoms with Crippen LogP contribution in [0.5, 0.6) is 28.7 Å². The molecule has 0 aliphatic carbocycles. The molecule has 7 heteroatoms. The number of esters is 1. The molecule has 0 heterocycles. The summed E-state index contributed by atoms with van der Waals surface area (Å²) in [7, 11) is 3.01. The van der Waals surface area contributed by atoms with Gasteiger partial charge in [0.05, 0.1) is 30.8 Å². The average molecular weight is 496 g/mol. The molecule has 2 aromatic rings. The third-order valence-electron chi connectivity index (χ3n) is 3.58. The zero-order valence-corrected chi connectivity index (χ0v) is 18.0. The van der Waals surface area contributed by atoms with Gasteiger partial charge >= 0.3 is 5.97 Å². The molecule has 0 unspecified atom stereocenters. The average Bonchev–Trinajstić information content (AvgIpc) is 2.71. The second-order valence-electron chi connectivity index (χ2n) is 5.59. The highest BCUT2D eigenvalue weighted by molar-refractivity contribution is 14.1. The number of carbonyl (C=O) groups excluding carboxylic acids is 1. The number of carbonyl (C=O) groups is 1. The number of halogens is 1. The van der Waals surface area contributed by atoms with E-state index < -0.39 is 5.97 Å². The standard InChI is InChI=1S/C21H21IO6/c1-4-9-27-20-12-18(28-21(24)13-22)15(11-19(20)26-3)7-5-14-6-8-17(25-2)16(23)10-14/h6,8,10-12,23H,4,9,13H2,1-3H3. The molecule has 0 bridgehead atoms. The van der Waals surface area contributed by atoms with Crippen LogP contribution in [0.1, 0.15) is 24.5 Å². The fourth-order valence-electron chi connectivity index (χ4n) is 2.26. The fraction of sp³-hybridized carbons (Fsp3) is 0.286. The molecule has 28 heavy (non-hydrogen) atoms. The highest BCUT2D eigenvalue weighted by Crippen LogP contribution is 2.35. The van der Waals surface area contributed by atoms with Crippen LogP contribution >= 0.6 is 22.6 Å². The molecule has 6 nitrogen and oxygen atoms in total. The summed E-state index contributed by atoms with van der Waals surface area (Å²) in [6, 6.07) is 8.11. The second kappa shape index (κ2) is 10.7. The van der Waals surface area contributed by atoms with Crippen molar-refractivity contribution < 1.29 is 28.8 Å². The van der Waals surface area contributed by atoms with E-state index in [1.807, 2.05) is 29.5 Å². The molecular weight excluding hydrogens is 475 g/mol. The summed E-state index contributed by atoms with van der Waals surface area (Å²) in [5.41, 5.74) is 1.05. The zero-order valence-electron chi connectivity index (χ0n) is 15.9. The highest BCUT2D eigenvalue weighted by Gasteiger charge is 2.14. The van der Waals surface area contributed by atoms with Crippen molar-refractivity contribution in [2.75, 3.05) is 25.3 Å². The van der Waals surface area contributed by atoms with Gasteiger partial charge in [-0.1, -0.05) is 41.4 Å². The molecule has 0 saturated heterocycles. The molecule has 0 aliphatic heterocycles. The fourth-order valence-corrected chi connectivity index (χ4v) is 2.42. The van der Waals surface area contributed by atoms with E-state index in [2.05, 4.69) is 11.8 Å². The molecule has 0 saturated carbocycles. The summed E-state index contributed by atoms with van der Waals surface area (Å²) in [5.74, 6) is 7.13. The maximum Gasteiger partial charge on any atom is 0.321 e.